The normalized spacial score (nSPS) is 15.0. The minimum Gasteiger partial charge on any atom is -0.460 e. The first-order valence-corrected chi connectivity index (χ1v) is 12.8. The molecule has 0 atom stereocenters. The molecule has 13 heteroatoms. The van der Waals surface area contributed by atoms with Gasteiger partial charge in [-0.2, -0.15) is 0 Å². The summed E-state index contributed by atoms with van der Waals surface area (Å²) < 4.78 is 54.3. The van der Waals surface area contributed by atoms with Gasteiger partial charge in [0.1, 0.15) is 11.4 Å². The number of hydrogen-bond acceptors (Lipinski definition) is 10. The van der Waals surface area contributed by atoms with E-state index < -0.39 is 18.1 Å². The van der Waals surface area contributed by atoms with E-state index in [0.717, 1.165) is 18.7 Å². The van der Waals surface area contributed by atoms with Crippen LogP contribution in [0, 0.1) is 0 Å². The van der Waals surface area contributed by atoms with E-state index >= 15 is 0 Å². The minimum absolute atomic E-state index is 0.0241. The number of alkyl halides is 3. The van der Waals surface area contributed by atoms with E-state index in [0.29, 0.717) is 48.6 Å². The summed E-state index contributed by atoms with van der Waals surface area (Å²) in [6.07, 6.45) is -2.27. The lowest BCUT2D eigenvalue weighted by Crippen LogP contribution is -2.44. The molecule has 2 aromatic heterocycles. The summed E-state index contributed by atoms with van der Waals surface area (Å²) in [4.78, 5) is 25.1. The quantitative estimate of drug-likeness (QED) is 0.431. The molecule has 1 N–H and O–H groups in total. The SMILES string of the molecule is CC.CCOC(=O)c1onc2c1CCc1cnc(Nc3ccc(N4CCN(C)CC4)cc3OC(F)(F)F)nc1-2. The molecule has 1 saturated heterocycles. The zero-order valence-corrected chi connectivity index (χ0v) is 22.3. The lowest BCUT2D eigenvalue weighted by atomic mass is 9.94. The number of carbonyl (C=O) groups is 1. The molecule has 1 aliphatic heterocycles. The largest absolute Gasteiger partial charge is 0.573 e. The Morgan fingerprint density at radius 1 is 1.13 bits per heavy atom. The third kappa shape index (κ3) is 6.41. The zero-order valence-electron chi connectivity index (χ0n) is 22.3. The highest BCUT2D eigenvalue weighted by Gasteiger charge is 2.33. The van der Waals surface area contributed by atoms with Crippen molar-refractivity contribution in [3.8, 4) is 17.1 Å². The zero-order chi connectivity index (χ0) is 28.2. The number of benzene rings is 1. The van der Waals surface area contributed by atoms with Gasteiger partial charge < -0.3 is 29.1 Å². The molecule has 0 saturated carbocycles. The molecule has 0 spiro atoms. The van der Waals surface area contributed by atoms with E-state index in [9.17, 15) is 18.0 Å². The van der Waals surface area contributed by atoms with Crippen LogP contribution in [0.25, 0.3) is 11.4 Å². The van der Waals surface area contributed by atoms with E-state index in [1.165, 1.54) is 12.1 Å². The molecule has 5 rings (SSSR count). The van der Waals surface area contributed by atoms with Crippen LogP contribution in [0.4, 0.5) is 30.5 Å². The van der Waals surface area contributed by atoms with Crippen LogP contribution >= 0.6 is 0 Å². The number of nitrogens with zero attached hydrogens (tertiary/aromatic N) is 5. The number of halogens is 3. The van der Waals surface area contributed by atoms with Crippen molar-refractivity contribution in [1.29, 1.82) is 0 Å². The van der Waals surface area contributed by atoms with Gasteiger partial charge in [0.15, 0.2) is 5.75 Å². The lowest BCUT2D eigenvalue weighted by Gasteiger charge is -2.34. The van der Waals surface area contributed by atoms with Crippen LogP contribution in [-0.4, -0.2) is 72.2 Å². The number of rotatable bonds is 6. The number of piperazine rings is 1. The van der Waals surface area contributed by atoms with E-state index in [4.69, 9.17) is 9.26 Å². The predicted molar refractivity (Wildman–Crippen MR) is 138 cm³/mol. The summed E-state index contributed by atoms with van der Waals surface area (Å²) in [5, 5.41) is 6.85. The number of carbonyl (C=O) groups excluding carboxylic acids is 1. The van der Waals surface area contributed by atoms with Crippen LogP contribution in [0.15, 0.2) is 28.9 Å². The number of hydrogen-bond donors (Lipinski definition) is 1. The highest BCUT2D eigenvalue weighted by molar-refractivity contribution is 5.90. The number of aryl methyl sites for hydroxylation is 1. The number of esters is 1. The van der Waals surface area contributed by atoms with Crippen molar-refractivity contribution in [2.24, 2.45) is 0 Å². The monoisotopic (exact) mass is 548 g/mol. The molecular weight excluding hydrogens is 517 g/mol. The maximum atomic E-state index is 13.2. The predicted octanol–water partition coefficient (Wildman–Crippen LogP) is 4.83. The van der Waals surface area contributed by atoms with Crippen LogP contribution in [0.5, 0.6) is 5.75 Å². The van der Waals surface area contributed by atoms with Crippen molar-refractivity contribution in [1.82, 2.24) is 20.0 Å². The average molecular weight is 549 g/mol. The first-order valence-electron chi connectivity index (χ1n) is 12.8. The molecule has 1 fully saturated rings. The topological polar surface area (TPSA) is 106 Å². The van der Waals surface area contributed by atoms with Gasteiger partial charge in [-0.25, -0.2) is 14.8 Å². The van der Waals surface area contributed by atoms with Gasteiger partial charge in [-0.1, -0.05) is 19.0 Å². The molecule has 0 radical (unpaired) electrons. The number of ether oxygens (including phenoxy) is 2. The molecule has 39 heavy (non-hydrogen) atoms. The fraction of sp³-hybridized carbons (Fsp3) is 0.462. The van der Waals surface area contributed by atoms with Crippen molar-refractivity contribution in [3.05, 3.63) is 41.3 Å². The summed E-state index contributed by atoms with van der Waals surface area (Å²) in [6.45, 7) is 8.88. The molecule has 1 aromatic carbocycles. The molecule has 0 bridgehead atoms. The maximum absolute atomic E-state index is 13.2. The van der Waals surface area contributed by atoms with E-state index in [1.807, 2.05) is 25.8 Å². The maximum Gasteiger partial charge on any atom is 0.573 e. The molecule has 3 heterocycles. The summed E-state index contributed by atoms with van der Waals surface area (Å²) in [7, 11) is 2.00. The Morgan fingerprint density at radius 3 is 2.56 bits per heavy atom. The fourth-order valence-corrected chi connectivity index (χ4v) is 4.40. The standard InChI is InChI=1S/C24H25F3N6O4.C2H6/c1-3-35-22(34)21-16-6-4-14-13-28-23(30-19(14)20(16)31-37-21)29-17-7-5-15(12-18(17)36-24(25,26)27)33-10-8-32(2)9-11-33;1-2/h5,7,12-13H,3-4,6,8-11H2,1-2H3,(H,28,29,30);1-2H3. The minimum atomic E-state index is -4.88. The molecule has 3 aromatic rings. The molecule has 0 amide bonds. The average Bonchev–Trinajstić information content (AvgIpc) is 3.36. The van der Waals surface area contributed by atoms with Crippen LogP contribution in [0.3, 0.4) is 0 Å². The van der Waals surface area contributed by atoms with Gasteiger partial charge in [0, 0.05) is 49.7 Å². The number of fused-ring (bicyclic) bond motifs is 3. The fourth-order valence-electron chi connectivity index (χ4n) is 4.40. The summed E-state index contributed by atoms with van der Waals surface area (Å²) >= 11 is 0. The van der Waals surface area contributed by atoms with Crippen molar-refractivity contribution in [2.75, 3.05) is 50.1 Å². The highest BCUT2D eigenvalue weighted by Crippen LogP contribution is 2.37. The van der Waals surface area contributed by atoms with Crippen LogP contribution < -0.4 is 15.0 Å². The molecule has 210 valence electrons. The highest BCUT2D eigenvalue weighted by atomic mass is 19.4. The number of nitrogens with one attached hydrogen (secondary N) is 1. The molecule has 1 aliphatic carbocycles. The third-order valence-corrected chi connectivity index (χ3v) is 6.29. The van der Waals surface area contributed by atoms with Gasteiger partial charge in [0.05, 0.1) is 12.3 Å². The Morgan fingerprint density at radius 2 is 1.87 bits per heavy atom. The van der Waals surface area contributed by atoms with Crippen molar-refractivity contribution >= 4 is 23.3 Å². The molecule has 2 aliphatic rings. The molecular formula is C26H31F3N6O4. The van der Waals surface area contributed by atoms with Gasteiger partial charge in [-0.3, -0.25) is 0 Å². The molecule has 0 unspecified atom stereocenters. The summed E-state index contributed by atoms with van der Waals surface area (Å²) in [6, 6.07) is 4.61. The Balaban J connectivity index is 0.00000172. The van der Waals surface area contributed by atoms with Crippen molar-refractivity contribution in [2.45, 2.75) is 40.0 Å². The van der Waals surface area contributed by atoms with Gasteiger partial charge in [-0.15, -0.1) is 13.2 Å². The van der Waals surface area contributed by atoms with E-state index in [1.54, 1.807) is 19.2 Å². The lowest BCUT2D eigenvalue weighted by molar-refractivity contribution is -0.274. The first-order chi connectivity index (χ1) is 18.7. The van der Waals surface area contributed by atoms with Crippen molar-refractivity contribution < 1.29 is 32.0 Å². The number of likely N-dealkylation sites (N-methyl/N-ethyl adjacent to an activating group) is 1. The molecule has 10 nitrogen and oxygen atoms in total. The van der Waals surface area contributed by atoms with Crippen LogP contribution in [0.1, 0.15) is 42.5 Å². The second-order valence-electron chi connectivity index (χ2n) is 8.77. The first kappa shape index (κ1) is 28.1. The Hall–Kier alpha value is -3.87. The number of anilines is 3. The summed E-state index contributed by atoms with van der Waals surface area (Å²) in [5.41, 5.74) is 2.85. The smallest absolute Gasteiger partial charge is 0.460 e. The van der Waals surface area contributed by atoms with E-state index in [-0.39, 0.29) is 24.0 Å². The van der Waals surface area contributed by atoms with Crippen LogP contribution in [-0.2, 0) is 17.6 Å². The van der Waals surface area contributed by atoms with Crippen LogP contribution in [0.2, 0.25) is 0 Å². The van der Waals surface area contributed by atoms with E-state index in [2.05, 4.69) is 30.1 Å². The van der Waals surface area contributed by atoms with Crippen molar-refractivity contribution in [3.63, 3.8) is 0 Å². The van der Waals surface area contributed by atoms with Gasteiger partial charge in [-0.05, 0) is 44.5 Å². The third-order valence-electron chi connectivity index (χ3n) is 6.29. The Labute approximate surface area is 224 Å². The van der Waals surface area contributed by atoms with Gasteiger partial charge in [0.25, 0.3) is 0 Å². The second-order valence-corrected chi connectivity index (χ2v) is 8.77. The van der Waals surface area contributed by atoms with Gasteiger partial charge in [0.2, 0.25) is 11.7 Å². The second kappa shape index (κ2) is 11.9. The Bertz CT molecular complexity index is 1310. The van der Waals surface area contributed by atoms with Gasteiger partial charge >= 0.3 is 12.3 Å². The number of aromatic nitrogens is 3. The Kier molecular flexibility index (Phi) is 8.58. The summed E-state index contributed by atoms with van der Waals surface area (Å²) in [5.74, 6) is -0.930.